The quantitative estimate of drug-likeness (QED) is 0.915. The molecule has 1 amide bonds. The number of nitrogens with one attached hydrogen (secondary N) is 1. The highest BCUT2D eigenvalue weighted by atomic mass is 16.5. The Morgan fingerprint density at radius 1 is 1.09 bits per heavy atom. The molecule has 0 heterocycles. The minimum Gasteiger partial charge on any atom is -0.497 e. The molecule has 0 unspecified atom stereocenters. The first-order valence-electron chi connectivity index (χ1n) is 7.19. The first kappa shape index (κ1) is 15.9. The van der Waals surface area contributed by atoms with Gasteiger partial charge in [-0.25, -0.2) is 0 Å². The number of aryl methyl sites for hydroxylation is 1. The maximum atomic E-state index is 12.3. The van der Waals surface area contributed by atoms with Gasteiger partial charge in [-0.1, -0.05) is 18.2 Å². The highest BCUT2D eigenvalue weighted by molar-refractivity contribution is 5.94. The van der Waals surface area contributed by atoms with E-state index in [-0.39, 0.29) is 5.91 Å². The second-order valence-corrected chi connectivity index (χ2v) is 5.18. The zero-order chi connectivity index (χ0) is 16.1. The van der Waals surface area contributed by atoms with Gasteiger partial charge in [0.2, 0.25) is 0 Å². The summed E-state index contributed by atoms with van der Waals surface area (Å²) >= 11 is 0. The SMILES string of the molecule is COc1cccc(O[C@H](C)C(=O)Nc2cccc(C)c2C)c1. The molecular formula is C18H21NO3. The van der Waals surface area contributed by atoms with Gasteiger partial charge in [0.25, 0.3) is 5.91 Å². The van der Waals surface area contributed by atoms with Crippen LogP contribution in [0.2, 0.25) is 0 Å². The molecule has 0 fully saturated rings. The summed E-state index contributed by atoms with van der Waals surface area (Å²) in [4.78, 5) is 12.3. The van der Waals surface area contributed by atoms with Crippen LogP contribution in [0.15, 0.2) is 42.5 Å². The third-order valence-electron chi connectivity index (χ3n) is 3.59. The second-order valence-electron chi connectivity index (χ2n) is 5.18. The molecule has 2 rings (SSSR count). The number of methoxy groups -OCH3 is 1. The van der Waals surface area contributed by atoms with Crippen LogP contribution in [0.3, 0.4) is 0 Å². The van der Waals surface area contributed by atoms with Gasteiger partial charge in [-0.15, -0.1) is 0 Å². The summed E-state index contributed by atoms with van der Waals surface area (Å²) in [7, 11) is 1.59. The van der Waals surface area contributed by atoms with Crippen LogP contribution in [0.25, 0.3) is 0 Å². The van der Waals surface area contributed by atoms with E-state index in [0.29, 0.717) is 11.5 Å². The monoisotopic (exact) mass is 299 g/mol. The van der Waals surface area contributed by atoms with E-state index in [0.717, 1.165) is 16.8 Å². The smallest absolute Gasteiger partial charge is 0.265 e. The fourth-order valence-corrected chi connectivity index (χ4v) is 2.05. The molecule has 2 aromatic rings. The van der Waals surface area contributed by atoms with Crippen molar-refractivity contribution < 1.29 is 14.3 Å². The van der Waals surface area contributed by atoms with E-state index in [1.54, 1.807) is 26.2 Å². The molecule has 0 aromatic heterocycles. The lowest BCUT2D eigenvalue weighted by Gasteiger charge is -2.16. The average molecular weight is 299 g/mol. The molecule has 0 saturated heterocycles. The Morgan fingerprint density at radius 2 is 1.77 bits per heavy atom. The molecule has 0 radical (unpaired) electrons. The van der Waals surface area contributed by atoms with E-state index in [9.17, 15) is 4.79 Å². The maximum Gasteiger partial charge on any atom is 0.265 e. The zero-order valence-electron chi connectivity index (χ0n) is 13.3. The Labute approximate surface area is 131 Å². The number of anilines is 1. The van der Waals surface area contributed by atoms with Crippen LogP contribution in [0, 0.1) is 13.8 Å². The first-order valence-corrected chi connectivity index (χ1v) is 7.19. The van der Waals surface area contributed by atoms with Crippen LogP contribution in [-0.2, 0) is 4.79 Å². The molecule has 0 aliphatic heterocycles. The van der Waals surface area contributed by atoms with Crippen LogP contribution in [-0.4, -0.2) is 19.1 Å². The second kappa shape index (κ2) is 6.98. The van der Waals surface area contributed by atoms with E-state index in [2.05, 4.69) is 5.32 Å². The van der Waals surface area contributed by atoms with Gasteiger partial charge in [0.05, 0.1) is 7.11 Å². The topological polar surface area (TPSA) is 47.6 Å². The Morgan fingerprint density at radius 3 is 2.50 bits per heavy atom. The van der Waals surface area contributed by atoms with E-state index in [4.69, 9.17) is 9.47 Å². The normalized spacial score (nSPS) is 11.6. The molecule has 1 atom stereocenters. The van der Waals surface area contributed by atoms with Crippen molar-refractivity contribution in [3.63, 3.8) is 0 Å². The predicted molar refractivity (Wildman–Crippen MR) is 87.6 cm³/mol. The van der Waals surface area contributed by atoms with Crippen LogP contribution in [0.5, 0.6) is 11.5 Å². The highest BCUT2D eigenvalue weighted by Gasteiger charge is 2.16. The number of hydrogen-bond donors (Lipinski definition) is 1. The summed E-state index contributed by atoms with van der Waals surface area (Å²) in [6.07, 6.45) is -0.605. The van der Waals surface area contributed by atoms with Crippen molar-refractivity contribution in [2.24, 2.45) is 0 Å². The van der Waals surface area contributed by atoms with E-state index < -0.39 is 6.10 Å². The van der Waals surface area contributed by atoms with Gasteiger partial charge in [-0.3, -0.25) is 4.79 Å². The minimum absolute atomic E-state index is 0.184. The zero-order valence-corrected chi connectivity index (χ0v) is 13.3. The maximum absolute atomic E-state index is 12.3. The molecule has 22 heavy (non-hydrogen) atoms. The van der Waals surface area contributed by atoms with E-state index in [1.165, 1.54) is 0 Å². The number of amides is 1. The Balaban J connectivity index is 2.04. The van der Waals surface area contributed by atoms with Gasteiger partial charge in [-0.2, -0.15) is 0 Å². The van der Waals surface area contributed by atoms with Crippen LogP contribution < -0.4 is 14.8 Å². The number of hydrogen-bond acceptors (Lipinski definition) is 3. The fraction of sp³-hybridized carbons (Fsp3) is 0.278. The first-order chi connectivity index (χ1) is 10.5. The molecule has 0 spiro atoms. The number of rotatable bonds is 5. The summed E-state index contributed by atoms with van der Waals surface area (Å²) in [5, 5.41) is 2.90. The van der Waals surface area contributed by atoms with Crippen LogP contribution >= 0.6 is 0 Å². The van der Waals surface area contributed by atoms with Crippen molar-refractivity contribution in [3.05, 3.63) is 53.6 Å². The third kappa shape index (κ3) is 3.79. The molecule has 0 bridgehead atoms. The standard InChI is InChI=1S/C18H21NO3/c1-12-7-5-10-17(13(12)2)19-18(20)14(3)22-16-9-6-8-15(11-16)21-4/h5-11,14H,1-4H3,(H,19,20)/t14-/m1/s1. The van der Waals surface area contributed by atoms with Crippen molar-refractivity contribution in [3.8, 4) is 11.5 Å². The third-order valence-corrected chi connectivity index (χ3v) is 3.59. The van der Waals surface area contributed by atoms with Gasteiger partial charge in [-0.05, 0) is 50.1 Å². The average Bonchev–Trinajstić information content (AvgIpc) is 2.52. The lowest BCUT2D eigenvalue weighted by atomic mass is 10.1. The van der Waals surface area contributed by atoms with Crippen LogP contribution in [0.1, 0.15) is 18.1 Å². The van der Waals surface area contributed by atoms with Crippen molar-refractivity contribution in [2.45, 2.75) is 26.9 Å². The van der Waals surface area contributed by atoms with Gasteiger partial charge >= 0.3 is 0 Å². The molecule has 1 N–H and O–H groups in total. The summed E-state index contributed by atoms with van der Waals surface area (Å²) in [6.45, 7) is 5.72. The molecule has 0 aliphatic carbocycles. The molecule has 0 aliphatic rings. The van der Waals surface area contributed by atoms with E-state index in [1.807, 2.05) is 44.2 Å². The number of ether oxygens (including phenoxy) is 2. The molecule has 116 valence electrons. The predicted octanol–water partition coefficient (Wildman–Crippen LogP) is 3.72. The molecule has 2 aromatic carbocycles. The lowest BCUT2D eigenvalue weighted by Crippen LogP contribution is -2.30. The molecule has 4 heteroatoms. The van der Waals surface area contributed by atoms with Gasteiger partial charge < -0.3 is 14.8 Å². The highest BCUT2D eigenvalue weighted by Crippen LogP contribution is 2.21. The van der Waals surface area contributed by atoms with Crippen LogP contribution in [0.4, 0.5) is 5.69 Å². The molecule has 4 nitrogen and oxygen atoms in total. The van der Waals surface area contributed by atoms with E-state index >= 15 is 0 Å². The number of benzene rings is 2. The largest absolute Gasteiger partial charge is 0.497 e. The minimum atomic E-state index is -0.605. The van der Waals surface area contributed by atoms with Crippen molar-refractivity contribution in [1.29, 1.82) is 0 Å². The Hall–Kier alpha value is -2.49. The summed E-state index contributed by atoms with van der Waals surface area (Å²) in [5.41, 5.74) is 3.01. The summed E-state index contributed by atoms with van der Waals surface area (Å²) in [5.74, 6) is 1.11. The van der Waals surface area contributed by atoms with Gasteiger partial charge in [0, 0.05) is 11.8 Å². The Bertz CT molecular complexity index is 667. The van der Waals surface area contributed by atoms with Gasteiger partial charge in [0.1, 0.15) is 11.5 Å². The molecule has 0 saturated carbocycles. The summed E-state index contributed by atoms with van der Waals surface area (Å²) in [6, 6.07) is 13.0. The molecular weight excluding hydrogens is 278 g/mol. The fourth-order valence-electron chi connectivity index (χ4n) is 2.05. The van der Waals surface area contributed by atoms with Gasteiger partial charge in [0.15, 0.2) is 6.10 Å². The van der Waals surface area contributed by atoms with Crippen molar-refractivity contribution >= 4 is 11.6 Å². The summed E-state index contributed by atoms with van der Waals surface area (Å²) < 4.78 is 10.8. The number of carbonyl (C=O) groups is 1. The number of carbonyl (C=O) groups excluding carboxylic acids is 1. The van der Waals surface area contributed by atoms with Crippen molar-refractivity contribution in [2.75, 3.05) is 12.4 Å². The van der Waals surface area contributed by atoms with Crippen molar-refractivity contribution in [1.82, 2.24) is 0 Å². The lowest BCUT2D eigenvalue weighted by molar-refractivity contribution is -0.122. The Kier molecular flexibility index (Phi) is 5.04.